The molecular weight excluding hydrogens is 250 g/mol. The molecule has 20 heavy (non-hydrogen) atoms. The number of hydrogen-bond acceptors (Lipinski definition) is 3. The molecule has 0 amide bonds. The smallest absolute Gasteiger partial charge is 0.170 e. The molecule has 4 heteroatoms. The number of carbonyl (C=O) groups is 1. The van der Waals surface area contributed by atoms with E-state index in [0.717, 1.165) is 29.1 Å². The standard InChI is InChI=1S/C16H21N3O/c1-11(2)9-19-16(17-10-18-19)8-15(20)14-7-5-6-12(3)13(14)4/h5-7,10-11H,8-9H2,1-4H3. The molecule has 0 unspecified atom stereocenters. The van der Waals surface area contributed by atoms with E-state index in [-0.39, 0.29) is 5.78 Å². The SMILES string of the molecule is Cc1cccc(C(=O)Cc2ncnn2CC(C)C)c1C. The third kappa shape index (κ3) is 3.13. The van der Waals surface area contributed by atoms with Gasteiger partial charge in [0.25, 0.3) is 0 Å². The second-order valence-electron chi connectivity index (χ2n) is 5.60. The Morgan fingerprint density at radius 3 is 2.75 bits per heavy atom. The van der Waals surface area contributed by atoms with Crippen molar-refractivity contribution >= 4 is 5.78 Å². The minimum atomic E-state index is 0.101. The first-order valence-electron chi connectivity index (χ1n) is 6.95. The monoisotopic (exact) mass is 271 g/mol. The number of rotatable bonds is 5. The molecule has 0 aliphatic rings. The summed E-state index contributed by atoms with van der Waals surface area (Å²) in [6.45, 7) is 9.04. The number of hydrogen-bond donors (Lipinski definition) is 0. The van der Waals surface area contributed by atoms with Crippen LogP contribution in [0, 0.1) is 19.8 Å². The fourth-order valence-electron chi connectivity index (χ4n) is 2.22. The zero-order valence-electron chi connectivity index (χ0n) is 12.6. The van der Waals surface area contributed by atoms with Crippen molar-refractivity contribution in [3.63, 3.8) is 0 Å². The topological polar surface area (TPSA) is 47.8 Å². The molecule has 0 aliphatic carbocycles. The highest BCUT2D eigenvalue weighted by Crippen LogP contribution is 2.15. The first-order valence-corrected chi connectivity index (χ1v) is 6.95. The largest absolute Gasteiger partial charge is 0.294 e. The van der Waals surface area contributed by atoms with Gasteiger partial charge in [0.05, 0.1) is 6.42 Å². The van der Waals surface area contributed by atoms with Gasteiger partial charge in [0.15, 0.2) is 5.78 Å². The molecule has 0 saturated heterocycles. The predicted molar refractivity (Wildman–Crippen MR) is 78.8 cm³/mol. The molecule has 2 rings (SSSR count). The lowest BCUT2D eigenvalue weighted by atomic mass is 9.98. The van der Waals surface area contributed by atoms with Crippen molar-refractivity contribution in [3.8, 4) is 0 Å². The summed E-state index contributed by atoms with van der Waals surface area (Å²) >= 11 is 0. The van der Waals surface area contributed by atoms with Crippen LogP contribution in [0.3, 0.4) is 0 Å². The van der Waals surface area contributed by atoms with E-state index in [1.165, 1.54) is 6.33 Å². The van der Waals surface area contributed by atoms with Crippen LogP contribution in [-0.4, -0.2) is 20.5 Å². The third-order valence-electron chi connectivity index (χ3n) is 3.46. The summed E-state index contributed by atoms with van der Waals surface area (Å²) in [4.78, 5) is 16.7. The molecule has 106 valence electrons. The summed E-state index contributed by atoms with van der Waals surface area (Å²) in [6.07, 6.45) is 1.82. The summed E-state index contributed by atoms with van der Waals surface area (Å²) in [5.74, 6) is 1.32. The van der Waals surface area contributed by atoms with Crippen molar-refractivity contribution in [2.24, 2.45) is 5.92 Å². The van der Waals surface area contributed by atoms with Crippen LogP contribution in [0.4, 0.5) is 0 Å². The van der Waals surface area contributed by atoms with Gasteiger partial charge in [0.2, 0.25) is 0 Å². The Morgan fingerprint density at radius 2 is 2.05 bits per heavy atom. The highest BCUT2D eigenvalue weighted by molar-refractivity contribution is 5.98. The van der Waals surface area contributed by atoms with Gasteiger partial charge in [-0.25, -0.2) is 9.67 Å². The van der Waals surface area contributed by atoms with Crippen molar-refractivity contribution in [2.45, 2.75) is 40.7 Å². The van der Waals surface area contributed by atoms with Crippen molar-refractivity contribution in [1.82, 2.24) is 14.8 Å². The van der Waals surface area contributed by atoms with Gasteiger partial charge >= 0.3 is 0 Å². The molecular formula is C16H21N3O. The number of aromatic nitrogens is 3. The summed E-state index contributed by atoms with van der Waals surface area (Å²) in [6, 6.07) is 5.83. The normalized spacial score (nSPS) is 11.1. The van der Waals surface area contributed by atoms with Gasteiger partial charge in [-0.3, -0.25) is 4.79 Å². The predicted octanol–water partition coefficient (Wildman–Crippen LogP) is 2.98. The summed E-state index contributed by atoms with van der Waals surface area (Å²) in [7, 11) is 0. The molecule has 1 aromatic heterocycles. The molecule has 0 bridgehead atoms. The van der Waals surface area contributed by atoms with Crippen molar-refractivity contribution in [2.75, 3.05) is 0 Å². The minimum absolute atomic E-state index is 0.101. The molecule has 0 radical (unpaired) electrons. The Balaban J connectivity index is 2.20. The zero-order valence-corrected chi connectivity index (χ0v) is 12.6. The van der Waals surface area contributed by atoms with E-state index in [4.69, 9.17) is 0 Å². The van der Waals surface area contributed by atoms with Gasteiger partial charge in [-0.15, -0.1) is 0 Å². The summed E-state index contributed by atoms with van der Waals surface area (Å²) < 4.78 is 1.83. The number of Topliss-reactive ketones (excluding diaryl/α,β-unsaturated/α-hetero) is 1. The van der Waals surface area contributed by atoms with Gasteiger partial charge in [-0.2, -0.15) is 5.10 Å². The molecule has 1 heterocycles. The van der Waals surface area contributed by atoms with Gasteiger partial charge < -0.3 is 0 Å². The Kier molecular flexibility index (Phi) is 4.32. The van der Waals surface area contributed by atoms with Crippen molar-refractivity contribution in [1.29, 1.82) is 0 Å². The van der Waals surface area contributed by atoms with Crippen LogP contribution in [-0.2, 0) is 13.0 Å². The highest BCUT2D eigenvalue weighted by Gasteiger charge is 2.15. The van der Waals surface area contributed by atoms with Crippen LogP contribution in [0.15, 0.2) is 24.5 Å². The lowest BCUT2D eigenvalue weighted by molar-refractivity contribution is 0.0988. The Morgan fingerprint density at radius 1 is 1.30 bits per heavy atom. The first-order chi connectivity index (χ1) is 9.49. The van der Waals surface area contributed by atoms with Crippen molar-refractivity contribution in [3.05, 3.63) is 47.0 Å². The Bertz CT molecular complexity index is 614. The van der Waals surface area contributed by atoms with Gasteiger partial charge in [-0.05, 0) is 30.9 Å². The first kappa shape index (κ1) is 14.4. The number of aryl methyl sites for hydroxylation is 1. The Hall–Kier alpha value is -1.97. The Labute approximate surface area is 119 Å². The van der Waals surface area contributed by atoms with Crippen LogP contribution in [0.1, 0.15) is 41.2 Å². The number of ketones is 1. The molecule has 0 N–H and O–H groups in total. The van der Waals surface area contributed by atoms with Crippen LogP contribution in [0.2, 0.25) is 0 Å². The van der Waals surface area contributed by atoms with E-state index in [9.17, 15) is 4.79 Å². The van der Waals surface area contributed by atoms with E-state index in [1.54, 1.807) is 0 Å². The van der Waals surface area contributed by atoms with Gasteiger partial charge in [0, 0.05) is 12.1 Å². The number of carbonyl (C=O) groups excluding carboxylic acids is 1. The lowest BCUT2D eigenvalue weighted by Crippen LogP contribution is -2.15. The van der Waals surface area contributed by atoms with Gasteiger partial charge in [-0.1, -0.05) is 32.0 Å². The molecule has 0 saturated carbocycles. The second kappa shape index (κ2) is 5.99. The van der Waals surface area contributed by atoms with Crippen LogP contribution < -0.4 is 0 Å². The van der Waals surface area contributed by atoms with Crippen LogP contribution in [0.5, 0.6) is 0 Å². The molecule has 0 aliphatic heterocycles. The maximum Gasteiger partial charge on any atom is 0.170 e. The maximum atomic E-state index is 12.4. The van der Waals surface area contributed by atoms with E-state index >= 15 is 0 Å². The fourth-order valence-corrected chi connectivity index (χ4v) is 2.22. The second-order valence-corrected chi connectivity index (χ2v) is 5.60. The molecule has 4 nitrogen and oxygen atoms in total. The van der Waals surface area contributed by atoms with Crippen molar-refractivity contribution < 1.29 is 4.79 Å². The number of nitrogens with zero attached hydrogens (tertiary/aromatic N) is 3. The maximum absolute atomic E-state index is 12.4. The van der Waals surface area contributed by atoms with Crippen LogP contribution >= 0.6 is 0 Å². The molecule has 0 spiro atoms. The van der Waals surface area contributed by atoms with Gasteiger partial charge in [0.1, 0.15) is 12.2 Å². The zero-order chi connectivity index (χ0) is 14.7. The minimum Gasteiger partial charge on any atom is -0.294 e. The average Bonchev–Trinajstić information content (AvgIpc) is 2.79. The van der Waals surface area contributed by atoms with E-state index in [2.05, 4.69) is 23.9 Å². The lowest BCUT2D eigenvalue weighted by Gasteiger charge is -2.10. The molecule has 1 aromatic carbocycles. The average molecular weight is 271 g/mol. The molecule has 0 fully saturated rings. The fraction of sp³-hybridized carbons (Fsp3) is 0.438. The number of benzene rings is 1. The third-order valence-corrected chi connectivity index (χ3v) is 3.46. The molecule has 2 aromatic rings. The quantitative estimate of drug-likeness (QED) is 0.785. The molecule has 0 atom stereocenters. The van der Waals surface area contributed by atoms with E-state index < -0.39 is 0 Å². The van der Waals surface area contributed by atoms with E-state index in [0.29, 0.717) is 12.3 Å². The summed E-state index contributed by atoms with van der Waals surface area (Å²) in [5.41, 5.74) is 2.97. The highest BCUT2D eigenvalue weighted by atomic mass is 16.1. The summed E-state index contributed by atoms with van der Waals surface area (Å²) in [5, 5.41) is 4.20. The van der Waals surface area contributed by atoms with E-state index in [1.807, 2.05) is 36.7 Å². The van der Waals surface area contributed by atoms with Crippen LogP contribution in [0.25, 0.3) is 0 Å².